The summed E-state index contributed by atoms with van der Waals surface area (Å²) in [6, 6.07) is 7.00. The predicted octanol–water partition coefficient (Wildman–Crippen LogP) is 2.07. The normalized spacial score (nSPS) is 12.9. The molecule has 0 saturated heterocycles. The molecule has 0 unspecified atom stereocenters. The molecule has 1 aromatic heterocycles. The molecule has 0 aliphatic rings. The largest absolute Gasteiger partial charge is 0.480 e. The minimum absolute atomic E-state index is 0.530. The lowest BCUT2D eigenvalue weighted by Crippen LogP contribution is -2.17. The number of carboxylic acid groups (broad SMARTS) is 1. The minimum atomic E-state index is -0.819. The van der Waals surface area contributed by atoms with E-state index in [1.165, 1.54) is 0 Å². The molecule has 2 aromatic rings. The van der Waals surface area contributed by atoms with Crippen LogP contribution in [0.5, 0.6) is 0 Å². The highest BCUT2D eigenvalue weighted by atomic mass is 16.4. The molecule has 4 nitrogen and oxygen atoms in total. The van der Waals surface area contributed by atoms with Crippen molar-refractivity contribution >= 4 is 17.0 Å². The first kappa shape index (κ1) is 9.71. The monoisotopic (exact) mass is 204 g/mol. The van der Waals surface area contributed by atoms with E-state index < -0.39 is 12.0 Å². The summed E-state index contributed by atoms with van der Waals surface area (Å²) < 4.78 is 1.71. The van der Waals surface area contributed by atoms with Crippen LogP contribution in [-0.4, -0.2) is 20.6 Å². The van der Waals surface area contributed by atoms with Gasteiger partial charge in [0.15, 0.2) is 0 Å². The van der Waals surface area contributed by atoms with E-state index in [1.54, 1.807) is 10.9 Å². The average molecular weight is 204 g/mol. The van der Waals surface area contributed by atoms with E-state index in [0.717, 1.165) is 11.0 Å². The molecule has 0 fully saturated rings. The number of para-hydroxylation sites is 2. The number of benzene rings is 1. The van der Waals surface area contributed by atoms with E-state index in [0.29, 0.717) is 6.42 Å². The molecule has 1 N–H and O–H groups in total. The van der Waals surface area contributed by atoms with Crippen LogP contribution in [0.1, 0.15) is 19.4 Å². The molecule has 1 heterocycles. The van der Waals surface area contributed by atoms with E-state index in [2.05, 4.69) is 4.98 Å². The number of hydrogen-bond donors (Lipinski definition) is 1. The van der Waals surface area contributed by atoms with E-state index in [4.69, 9.17) is 5.11 Å². The summed E-state index contributed by atoms with van der Waals surface area (Å²) in [5, 5.41) is 9.06. The van der Waals surface area contributed by atoms with Crippen LogP contribution in [0.25, 0.3) is 11.0 Å². The number of rotatable bonds is 3. The molecular weight excluding hydrogens is 192 g/mol. The third-order valence-corrected chi connectivity index (χ3v) is 2.49. The summed E-state index contributed by atoms with van der Waals surface area (Å²) in [6.07, 6.45) is 2.14. The third-order valence-electron chi connectivity index (χ3n) is 2.49. The van der Waals surface area contributed by atoms with Crippen molar-refractivity contribution in [3.8, 4) is 0 Å². The lowest BCUT2D eigenvalue weighted by molar-refractivity contribution is -0.140. The molecule has 4 heteroatoms. The van der Waals surface area contributed by atoms with Crippen LogP contribution in [0.2, 0.25) is 0 Å². The number of carbonyl (C=O) groups is 1. The first-order valence-electron chi connectivity index (χ1n) is 4.88. The Kier molecular flexibility index (Phi) is 2.41. The topological polar surface area (TPSA) is 55.1 Å². The lowest BCUT2D eigenvalue weighted by atomic mass is 10.2. The molecule has 1 atom stereocenters. The van der Waals surface area contributed by atoms with Crippen molar-refractivity contribution in [3.63, 3.8) is 0 Å². The van der Waals surface area contributed by atoms with Crippen molar-refractivity contribution in [2.45, 2.75) is 19.4 Å². The van der Waals surface area contributed by atoms with Gasteiger partial charge in [-0.25, -0.2) is 9.78 Å². The fourth-order valence-electron chi connectivity index (χ4n) is 1.72. The Morgan fingerprint density at radius 3 is 2.93 bits per heavy atom. The molecule has 0 saturated carbocycles. The first-order valence-corrected chi connectivity index (χ1v) is 4.88. The number of carboxylic acids is 1. The summed E-state index contributed by atoms with van der Waals surface area (Å²) in [7, 11) is 0. The number of aromatic nitrogens is 2. The van der Waals surface area contributed by atoms with Gasteiger partial charge >= 0.3 is 5.97 Å². The Bertz CT molecular complexity index is 490. The zero-order valence-corrected chi connectivity index (χ0v) is 8.42. The number of aliphatic carboxylic acids is 1. The van der Waals surface area contributed by atoms with Crippen LogP contribution >= 0.6 is 0 Å². The van der Waals surface area contributed by atoms with E-state index in [9.17, 15) is 4.79 Å². The molecule has 15 heavy (non-hydrogen) atoms. The van der Waals surface area contributed by atoms with Crippen molar-refractivity contribution in [2.24, 2.45) is 0 Å². The molecule has 0 bridgehead atoms. The first-order chi connectivity index (χ1) is 7.24. The number of imidazole rings is 1. The van der Waals surface area contributed by atoms with Crippen molar-refractivity contribution in [1.82, 2.24) is 9.55 Å². The summed E-state index contributed by atoms with van der Waals surface area (Å²) in [4.78, 5) is 15.2. The Balaban J connectivity index is 2.55. The molecule has 0 aliphatic heterocycles. The van der Waals surface area contributed by atoms with Crippen LogP contribution in [-0.2, 0) is 4.79 Å². The van der Waals surface area contributed by atoms with Gasteiger partial charge in [-0.3, -0.25) is 0 Å². The van der Waals surface area contributed by atoms with Crippen molar-refractivity contribution in [2.75, 3.05) is 0 Å². The van der Waals surface area contributed by atoms with E-state index >= 15 is 0 Å². The smallest absolute Gasteiger partial charge is 0.326 e. The maximum Gasteiger partial charge on any atom is 0.326 e. The third kappa shape index (κ3) is 1.58. The van der Waals surface area contributed by atoms with Gasteiger partial charge in [0.1, 0.15) is 6.04 Å². The fourth-order valence-corrected chi connectivity index (χ4v) is 1.72. The van der Waals surface area contributed by atoms with Crippen LogP contribution in [0, 0.1) is 0 Å². The van der Waals surface area contributed by atoms with Crippen molar-refractivity contribution < 1.29 is 9.90 Å². The van der Waals surface area contributed by atoms with Gasteiger partial charge in [-0.2, -0.15) is 0 Å². The summed E-state index contributed by atoms with van der Waals surface area (Å²) >= 11 is 0. The van der Waals surface area contributed by atoms with E-state index in [1.807, 2.05) is 31.2 Å². The highest BCUT2D eigenvalue weighted by Crippen LogP contribution is 2.19. The second-order valence-corrected chi connectivity index (χ2v) is 3.40. The molecular formula is C11H12N2O2. The second-order valence-electron chi connectivity index (χ2n) is 3.40. The molecule has 0 radical (unpaired) electrons. The zero-order valence-electron chi connectivity index (χ0n) is 8.42. The average Bonchev–Trinajstić information content (AvgIpc) is 2.63. The van der Waals surface area contributed by atoms with Gasteiger partial charge in [-0.15, -0.1) is 0 Å². The van der Waals surface area contributed by atoms with Gasteiger partial charge < -0.3 is 9.67 Å². The highest BCUT2D eigenvalue weighted by molar-refractivity contribution is 5.79. The number of nitrogens with zero attached hydrogens (tertiary/aromatic N) is 2. The molecule has 0 amide bonds. The number of hydrogen-bond acceptors (Lipinski definition) is 2. The van der Waals surface area contributed by atoms with E-state index in [-0.39, 0.29) is 0 Å². The van der Waals surface area contributed by atoms with Crippen LogP contribution in [0.4, 0.5) is 0 Å². The predicted molar refractivity (Wildman–Crippen MR) is 56.7 cm³/mol. The van der Waals surface area contributed by atoms with Gasteiger partial charge in [0.05, 0.1) is 17.4 Å². The number of fused-ring (bicyclic) bond motifs is 1. The maximum absolute atomic E-state index is 11.0. The molecule has 1 aromatic carbocycles. The van der Waals surface area contributed by atoms with Crippen molar-refractivity contribution in [1.29, 1.82) is 0 Å². The summed E-state index contributed by atoms with van der Waals surface area (Å²) in [5.74, 6) is -0.819. The van der Waals surface area contributed by atoms with Gasteiger partial charge in [-0.1, -0.05) is 19.1 Å². The molecule has 0 aliphatic carbocycles. The van der Waals surface area contributed by atoms with Crippen LogP contribution < -0.4 is 0 Å². The Labute approximate surface area is 87.2 Å². The Hall–Kier alpha value is -1.84. The van der Waals surface area contributed by atoms with Gasteiger partial charge in [0, 0.05) is 0 Å². The lowest BCUT2D eigenvalue weighted by Gasteiger charge is -2.12. The Morgan fingerprint density at radius 1 is 1.53 bits per heavy atom. The zero-order chi connectivity index (χ0) is 10.8. The van der Waals surface area contributed by atoms with Crippen molar-refractivity contribution in [3.05, 3.63) is 30.6 Å². The summed E-state index contributed by atoms with van der Waals surface area (Å²) in [6.45, 7) is 1.85. The molecule has 0 spiro atoms. The van der Waals surface area contributed by atoms with Gasteiger partial charge in [0.2, 0.25) is 0 Å². The maximum atomic E-state index is 11.0. The molecule has 78 valence electrons. The van der Waals surface area contributed by atoms with Gasteiger partial charge in [0.25, 0.3) is 0 Å². The van der Waals surface area contributed by atoms with Gasteiger partial charge in [-0.05, 0) is 18.6 Å². The second kappa shape index (κ2) is 3.73. The van der Waals surface area contributed by atoms with Crippen LogP contribution in [0.3, 0.4) is 0 Å². The molecule has 2 rings (SSSR count). The SMILES string of the molecule is CC[C@@H](C(=O)O)n1cnc2ccccc21. The highest BCUT2D eigenvalue weighted by Gasteiger charge is 2.18. The minimum Gasteiger partial charge on any atom is -0.480 e. The summed E-state index contributed by atoms with van der Waals surface area (Å²) in [5.41, 5.74) is 1.70. The van der Waals surface area contributed by atoms with Crippen LogP contribution in [0.15, 0.2) is 30.6 Å². The standard InChI is InChI=1S/C11H12N2O2/c1-2-9(11(14)15)13-7-12-8-5-3-4-6-10(8)13/h3-7,9H,2H2,1H3,(H,14,15)/t9-/m0/s1. The Morgan fingerprint density at radius 2 is 2.27 bits per heavy atom. The fraction of sp³-hybridized carbons (Fsp3) is 0.273. The quantitative estimate of drug-likeness (QED) is 0.832.